The molecule has 2 heterocycles. The number of rotatable bonds is 6. The zero-order valence-corrected chi connectivity index (χ0v) is 17.6. The average Bonchev–Trinajstić information content (AvgIpc) is 3.16. The molecule has 0 aliphatic carbocycles. The van der Waals surface area contributed by atoms with Crippen LogP contribution in [0.1, 0.15) is 11.1 Å². The number of aryl methyl sites for hydroxylation is 1. The lowest BCUT2D eigenvalue weighted by Crippen LogP contribution is -2.28. The maximum Gasteiger partial charge on any atom is 0.283 e. The number of methoxy groups -OCH3 is 1. The fourth-order valence-corrected chi connectivity index (χ4v) is 3.44. The Morgan fingerprint density at radius 1 is 1.23 bits per heavy atom. The zero-order valence-electron chi connectivity index (χ0n) is 16.9. The minimum Gasteiger partial charge on any atom is -0.497 e. The second-order valence-electron chi connectivity index (χ2n) is 6.93. The Hall–Kier alpha value is -3.72. The first-order valence-corrected chi connectivity index (χ1v) is 9.80. The molecule has 0 aliphatic heterocycles. The third-order valence-corrected chi connectivity index (χ3v) is 5.07. The topological polar surface area (TPSA) is 104 Å². The molecule has 10 heteroatoms. The van der Waals surface area contributed by atoms with Crippen LogP contribution in [0.5, 0.6) is 5.75 Å². The Morgan fingerprint density at radius 3 is 2.81 bits per heavy atom. The Bertz CT molecular complexity index is 1310. The summed E-state index contributed by atoms with van der Waals surface area (Å²) in [7, 11) is 1.59. The van der Waals surface area contributed by atoms with Gasteiger partial charge in [-0.1, -0.05) is 41.1 Å². The van der Waals surface area contributed by atoms with Crippen LogP contribution in [0.4, 0.5) is 5.69 Å². The summed E-state index contributed by atoms with van der Waals surface area (Å²) < 4.78 is 7.95. The molecule has 4 rings (SSSR count). The molecule has 1 N–H and O–H groups in total. The van der Waals surface area contributed by atoms with Gasteiger partial charge in [-0.05, 0) is 36.2 Å². The first kappa shape index (κ1) is 20.5. The molecule has 31 heavy (non-hydrogen) atoms. The van der Waals surface area contributed by atoms with Gasteiger partial charge in [-0.15, -0.1) is 5.10 Å². The van der Waals surface area contributed by atoms with Gasteiger partial charge >= 0.3 is 0 Å². The van der Waals surface area contributed by atoms with E-state index in [9.17, 15) is 9.59 Å². The number of fused-ring (bicyclic) bond motifs is 1. The number of nitrogens with one attached hydrogen (secondary N) is 1. The van der Waals surface area contributed by atoms with E-state index in [1.807, 2.05) is 37.3 Å². The largest absolute Gasteiger partial charge is 0.497 e. The van der Waals surface area contributed by atoms with Gasteiger partial charge in [0.25, 0.3) is 5.56 Å². The Morgan fingerprint density at radius 2 is 2.03 bits per heavy atom. The summed E-state index contributed by atoms with van der Waals surface area (Å²) >= 11 is 6.15. The number of nitrogens with zero attached hydrogens (tertiary/aromatic N) is 5. The van der Waals surface area contributed by atoms with E-state index in [1.54, 1.807) is 19.2 Å². The highest BCUT2D eigenvalue weighted by molar-refractivity contribution is 6.33. The van der Waals surface area contributed by atoms with Gasteiger partial charge in [0.2, 0.25) is 5.91 Å². The molecule has 0 spiro atoms. The molecule has 1 amide bonds. The Balaban J connectivity index is 1.56. The zero-order chi connectivity index (χ0) is 22.0. The second kappa shape index (κ2) is 8.57. The van der Waals surface area contributed by atoms with Crippen LogP contribution in [0.3, 0.4) is 0 Å². The number of hydrogen-bond acceptors (Lipinski definition) is 6. The molecule has 158 valence electrons. The second-order valence-corrected chi connectivity index (χ2v) is 7.34. The van der Waals surface area contributed by atoms with Crippen molar-refractivity contribution in [2.45, 2.75) is 20.0 Å². The molecule has 0 saturated heterocycles. The van der Waals surface area contributed by atoms with Gasteiger partial charge in [0.1, 0.15) is 18.6 Å². The van der Waals surface area contributed by atoms with Crippen molar-refractivity contribution in [1.29, 1.82) is 0 Å². The Kier molecular flexibility index (Phi) is 5.68. The first-order chi connectivity index (χ1) is 15.0. The average molecular weight is 439 g/mol. The molecule has 0 radical (unpaired) electrons. The first-order valence-electron chi connectivity index (χ1n) is 9.43. The van der Waals surface area contributed by atoms with Gasteiger partial charge in [-0.3, -0.25) is 14.2 Å². The van der Waals surface area contributed by atoms with E-state index in [0.29, 0.717) is 22.9 Å². The van der Waals surface area contributed by atoms with E-state index in [4.69, 9.17) is 16.3 Å². The number of aromatic nitrogens is 5. The van der Waals surface area contributed by atoms with Gasteiger partial charge in [0, 0.05) is 0 Å². The van der Waals surface area contributed by atoms with Crippen LogP contribution in [-0.4, -0.2) is 37.6 Å². The van der Waals surface area contributed by atoms with Crippen molar-refractivity contribution in [2.75, 3.05) is 12.4 Å². The van der Waals surface area contributed by atoms with Crippen molar-refractivity contribution in [1.82, 2.24) is 24.5 Å². The highest BCUT2D eigenvalue weighted by atomic mass is 35.5. The number of benzene rings is 2. The minimum absolute atomic E-state index is 0.0899. The number of amides is 1. The minimum atomic E-state index is -0.451. The van der Waals surface area contributed by atoms with E-state index in [-0.39, 0.29) is 12.1 Å². The van der Waals surface area contributed by atoms with E-state index in [2.05, 4.69) is 20.6 Å². The normalized spacial score (nSPS) is 10.9. The number of carbonyl (C=O) groups excluding carboxylic acids is 1. The lowest BCUT2D eigenvalue weighted by atomic mass is 10.2. The van der Waals surface area contributed by atoms with Crippen molar-refractivity contribution in [2.24, 2.45) is 0 Å². The quantitative estimate of drug-likeness (QED) is 0.496. The van der Waals surface area contributed by atoms with E-state index >= 15 is 0 Å². The van der Waals surface area contributed by atoms with Gasteiger partial charge < -0.3 is 10.1 Å². The molecule has 2 aromatic carbocycles. The Labute approximate surface area is 182 Å². The van der Waals surface area contributed by atoms with Crippen LogP contribution in [0.2, 0.25) is 5.02 Å². The SMILES string of the molecule is COc1cccc(Cn2nnc3c(=O)n(CC(=O)Nc4c(C)cccc4Cl)cnc32)c1. The summed E-state index contributed by atoms with van der Waals surface area (Å²) in [5, 5.41) is 11.2. The number of ether oxygens (including phenoxy) is 1. The molecule has 4 aromatic rings. The fraction of sp³-hybridized carbons (Fsp3) is 0.190. The van der Waals surface area contributed by atoms with Crippen LogP contribution < -0.4 is 15.6 Å². The van der Waals surface area contributed by atoms with E-state index in [0.717, 1.165) is 16.9 Å². The number of carbonyl (C=O) groups is 1. The molecule has 0 atom stereocenters. The third kappa shape index (κ3) is 4.26. The molecule has 2 aromatic heterocycles. The molecule has 0 saturated carbocycles. The van der Waals surface area contributed by atoms with E-state index < -0.39 is 11.5 Å². The van der Waals surface area contributed by atoms with Gasteiger partial charge in [-0.25, -0.2) is 9.67 Å². The lowest BCUT2D eigenvalue weighted by Gasteiger charge is -2.11. The van der Waals surface area contributed by atoms with Gasteiger partial charge in [-0.2, -0.15) is 0 Å². The van der Waals surface area contributed by atoms with Crippen molar-refractivity contribution in [3.63, 3.8) is 0 Å². The van der Waals surface area contributed by atoms with Crippen LogP contribution in [0.25, 0.3) is 11.2 Å². The standard InChI is InChI=1S/C21H19ClN6O3/c1-13-5-3-8-16(22)18(13)24-17(29)11-27-12-23-20-19(21(27)30)25-26-28(20)10-14-6-4-7-15(9-14)31-2/h3-9,12H,10-11H2,1-2H3,(H,24,29). The monoisotopic (exact) mass is 438 g/mol. The van der Waals surface area contributed by atoms with Crippen LogP contribution in [0, 0.1) is 6.92 Å². The highest BCUT2D eigenvalue weighted by Crippen LogP contribution is 2.25. The predicted molar refractivity (Wildman–Crippen MR) is 116 cm³/mol. The van der Waals surface area contributed by atoms with Crippen molar-refractivity contribution in [3.8, 4) is 5.75 Å². The maximum atomic E-state index is 12.8. The number of anilines is 1. The van der Waals surface area contributed by atoms with Crippen LogP contribution in [0.15, 0.2) is 53.6 Å². The lowest BCUT2D eigenvalue weighted by molar-refractivity contribution is -0.116. The molecule has 0 bridgehead atoms. The molecule has 0 unspecified atom stereocenters. The van der Waals surface area contributed by atoms with Gasteiger partial charge in [0.15, 0.2) is 11.2 Å². The highest BCUT2D eigenvalue weighted by Gasteiger charge is 2.15. The number of para-hydroxylation sites is 1. The van der Waals surface area contributed by atoms with E-state index in [1.165, 1.54) is 15.6 Å². The smallest absolute Gasteiger partial charge is 0.283 e. The molecule has 9 nitrogen and oxygen atoms in total. The fourth-order valence-electron chi connectivity index (χ4n) is 3.17. The van der Waals surface area contributed by atoms with Crippen LogP contribution in [-0.2, 0) is 17.9 Å². The maximum absolute atomic E-state index is 12.8. The van der Waals surface area contributed by atoms with Crippen molar-refractivity contribution in [3.05, 3.63) is 75.3 Å². The number of halogens is 1. The summed E-state index contributed by atoms with van der Waals surface area (Å²) in [6.07, 6.45) is 1.31. The third-order valence-electron chi connectivity index (χ3n) is 4.76. The molecule has 0 aliphatic rings. The summed E-state index contributed by atoms with van der Waals surface area (Å²) in [6, 6.07) is 12.8. The van der Waals surface area contributed by atoms with Gasteiger partial charge in [0.05, 0.1) is 24.4 Å². The summed E-state index contributed by atoms with van der Waals surface area (Å²) in [5.74, 6) is 0.320. The van der Waals surface area contributed by atoms with Crippen molar-refractivity contribution >= 4 is 34.4 Å². The molecular weight excluding hydrogens is 420 g/mol. The summed E-state index contributed by atoms with van der Waals surface area (Å²) in [5.41, 5.74) is 2.24. The predicted octanol–water partition coefficient (Wildman–Crippen LogP) is 2.65. The van der Waals surface area contributed by atoms with Crippen molar-refractivity contribution < 1.29 is 9.53 Å². The summed E-state index contributed by atoms with van der Waals surface area (Å²) in [6.45, 7) is 1.98. The summed E-state index contributed by atoms with van der Waals surface area (Å²) in [4.78, 5) is 29.6. The molecular formula is C21H19ClN6O3. The molecule has 0 fully saturated rings. The van der Waals surface area contributed by atoms with Crippen LogP contribution >= 0.6 is 11.6 Å². The number of hydrogen-bond donors (Lipinski definition) is 1.